The lowest BCUT2D eigenvalue weighted by Crippen LogP contribution is -2.66. The second-order valence-electron chi connectivity index (χ2n) is 8.18. The third kappa shape index (κ3) is 4.36. The van der Waals surface area contributed by atoms with Crippen molar-refractivity contribution in [3.05, 3.63) is 36.9 Å². The Morgan fingerprint density at radius 1 is 1.19 bits per heavy atom. The summed E-state index contributed by atoms with van der Waals surface area (Å²) in [7, 11) is 1.81. The third-order valence-electron chi connectivity index (χ3n) is 6.20. The highest BCUT2D eigenvalue weighted by Crippen LogP contribution is 2.32. The summed E-state index contributed by atoms with van der Waals surface area (Å²) in [5.74, 6) is -0.0657. The quantitative estimate of drug-likeness (QED) is 0.596. The summed E-state index contributed by atoms with van der Waals surface area (Å²) in [5.41, 5.74) is 1.57. The third-order valence-corrected chi connectivity index (χ3v) is 6.20. The lowest BCUT2D eigenvalue weighted by atomic mass is 9.92. The molecule has 3 aliphatic rings. The molecule has 9 heteroatoms. The molecule has 166 valence electrons. The Morgan fingerprint density at radius 3 is 2.71 bits per heavy atom. The lowest BCUT2D eigenvalue weighted by Gasteiger charge is -2.46. The maximum absolute atomic E-state index is 13.1. The van der Waals surface area contributed by atoms with Crippen molar-refractivity contribution in [2.75, 3.05) is 37.4 Å². The lowest BCUT2D eigenvalue weighted by molar-refractivity contribution is -0.161. The predicted octanol–water partition coefficient (Wildman–Crippen LogP) is 1.40. The number of hydrogen-bond donors (Lipinski definition) is 3. The Labute approximate surface area is 181 Å². The van der Waals surface area contributed by atoms with Gasteiger partial charge in [0, 0.05) is 44.0 Å². The van der Waals surface area contributed by atoms with E-state index >= 15 is 0 Å². The summed E-state index contributed by atoms with van der Waals surface area (Å²) in [5, 5.41) is 8.81. The van der Waals surface area contributed by atoms with Crippen LogP contribution in [0.3, 0.4) is 0 Å². The molecule has 1 aromatic rings. The number of carbonyl (C=O) groups excluding carboxylic acids is 3. The molecule has 4 amide bonds. The Bertz CT molecular complexity index is 875. The normalized spacial score (nSPS) is 27.4. The van der Waals surface area contributed by atoms with Gasteiger partial charge in [-0.05, 0) is 31.0 Å². The molecule has 3 saturated heterocycles. The summed E-state index contributed by atoms with van der Waals surface area (Å²) in [4.78, 5) is 41.9. The topological polar surface area (TPSA) is 103 Å². The molecule has 0 bridgehead atoms. The molecule has 1 aromatic carbocycles. The zero-order valence-corrected chi connectivity index (χ0v) is 17.7. The molecule has 3 N–H and O–H groups in total. The van der Waals surface area contributed by atoms with Crippen LogP contribution < -0.4 is 16.0 Å². The standard InChI is InChI=1S/C22H29N5O4/c1-3-9-31-17-12-19-20(28)26-8-7-16(11-18(26)21(29)27(19)13-17)25-22(30)24-15-6-4-5-14(10-15)23-2/h3-6,10,16-19,23H,1,7-9,11-13H2,2H3,(H2,24,25,30). The molecular formula is C22H29N5O4. The molecule has 0 spiro atoms. The maximum atomic E-state index is 13.1. The first-order valence-corrected chi connectivity index (χ1v) is 10.7. The van der Waals surface area contributed by atoms with Gasteiger partial charge in [0.2, 0.25) is 11.8 Å². The van der Waals surface area contributed by atoms with Crippen LogP contribution >= 0.6 is 0 Å². The van der Waals surface area contributed by atoms with Gasteiger partial charge in [-0.15, -0.1) is 6.58 Å². The fourth-order valence-corrected chi connectivity index (χ4v) is 4.68. The largest absolute Gasteiger partial charge is 0.388 e. The van der Waals surface area contributed by atoms with Crippen molar-refractivity contribution in [3.63, 3.8) is 0 Å². The predicted molar refractivity (Wildman–Crippen MR) is 117 cm³/mol. The van der Waals surface area contributed by atoms with E-state index < -0.39 is 12.1 Å². The molecule has 0 aromatic heterocycles. The molecule has 3 fully saturated rings. The molecule has 3 heterocycles. The van der Waals surface area contributed by atoms with Crippen LogP contribution in [0.25, 0.3) is 0 Å². The van der Waals surface area contributed by atoms with Gasteiger partial charge < -0.3 is 30.5 Å². The van der Waals surface area contributed by atoms with E-state index in [1.807, 2.05) is 31.3 Å². The average molecular weight is 428 g/mol. The summed E-state index contributed by atoms with van der Waals surface area (Å²) in [6.07, 6.45) is 3.07. The van der Waals surface area contributed by atoms with Crippen LogP contribution in [0.5, 0.6) is 0 Å². The van der Waals surface area contributed by atoms with E-state index in [1.165, 1.54) is 0 Å². The number of benzene rings is 1. The highest BCUT2D eigenvalue weighted by Gasteiger charge is 2.52. The fraction of sp³-hybridized carbons (Fsp3) is 0.500. The van der Waals surface area contributed by atoms with Gasteiger partial charge >= 0.3 is 6.03 Å². The fourth-order valence-electron chi connectivity index (χ4n) is 4.68. The monoisotopic (exact) mass is 427 g/mol. The Balaban J connectivity index is 1.36. The van der Waals surface area contributed by atoms with Crippen LogP contribution in [-0.2, 0) is 14.3 Å². The number of amides is 4. The van der Waals surface area contributed by atoms with E-state index in [4.69, 9.17) is 4.74 Å². The number of ether oxygens (including phenoxy) is 1. The van der Waals surface area contributed by atoms with Gasteiger partial charge in [0.25, 0.3) is 0 Å². The van der Waals surface area contributed by atoms with E-state index in [0.717, 1.165) is 5.69 Å². The van der Waals surface area contributed by atoms with Gasteiger partial charge in [0.05, 0.1) is 12.7 Å². The molecule has 0 aliphatic carbocycles. The van der Waals surface area contributed by atoms with Crippen LogP contribution in [0.1, 0.15) is 19.3 Å². The molecule has 9 nitrogen and oxygen atoms in total. The van der Waals surface area contributed by atoms with Crippen LogP contribution in [0, 0.1) is 0 Å². The first kappa shape index (κ1) is 21.2. The second kappa shape index (κ2) is 8.97. The molecule has 31 heavy (non-hydrogen) atoms. The van der Waals surface area contributed by atoms with E-state index in [9.17, 15) is 14.4 Å². The zero-order chi connectivity index (χ0) is 22.0. The molecule has 4 rings (SSSR count). The summed E-state index contributed by atoms with van der Waals surface area (Å²) in [6, 6.07) is 5.93. The zero-order valence-electron chi connectivity index (χ0n) is 17.7. The first-order valence-electron chi connectivity index (χ1n) is 10.7. The summed E-state index contributed by atoms with van der Waals surface area (Å²) >= 11 is 0. The highest BCUT2D eigenvalue weighted by molar-refractivity contribution is 5.98. The van der Waals surface area contributed by atoms with Crippen molar-refractivity contribution < 1.29 is 19.1 Å². The highest BCUT2D eigenvalue weighted by atomic mass is 16.5. The SMILES string of the molecule is C=CCOC1CC2C(=O)N3CCC(NC(=O)Nc4cccc(NC)c4)CC3C(=O)N2C1. The van der Waals surface area contributed by atoms with Gasteiger partial charge in [-0.25, -0.2) is 4.79 Å². The van der Waals surface area contributed by atoms with E-state index in [0.29, 0.717) is 44.6 Å². The van der Waals surface area contributed by atoms with Gasteiger partial charge in [-0.3, -0.25) is 9.59 Å². The number of anilines is 2. The van der Waals surface area contributed by atoms with Crippen LogP contribution in [0.15, 0.2) is 36.9 Å². The number of fused-ring (bicyclic) bond motifs is 2. The van der Waals surface area contributed by atoms with E-state index in [1.54, 1.807) is 15.9 Å². The van der Waals surface area contributed by atoms with Crippen LogP contribution in [0.4, 0.5) is 16.2 Å². The summed E-state index contributed by atoms with van der Waals surface area (Å²) in [6.45, 7) is 4.93. The van der Waals surface area contributed by atoms with E-state index in [2.05, 4.69) is 22.5 Å². The van der Waals surface area contributed by atoms with Crippen molar-refractivity contribution >= 4 is 29.2 Å². The number of rotatable bonds is 6. The number of piperazine rings is 1. The van der Waals surface area contributed by atoms with Gasteiger partial charge in [0.15, 0.2) is 0 Å². The molecule has 3 aliphatic heterocycles. The maximum Gasteiger partial charge on any atom is 0.319 e. The number of urea groups is 1. The summed E-state index contributed by atoms with van der Waals surface area (Å²) < 4.78 is 5.69. The van der Waals surface area contributed by atoms with Crippen molar-refractivity contribution in [3.8, 4) is 0 Å². The minimum atomic E-state index is -0.534. The van der Waals surface area contributed by atoms with Crippen molar-refractivity contribution in [2.45, 2.75) is 43.5 Å². The number of nitrogens with one attached hydrogen (secondary N) is 3. The first-order chi connectivity index (χ1) is 15.0. The second-order valence-corrected chi connectivity index (χ2v) is 8.18. The van der Waals surface area contributed by atoms with Crippen molar-refractivity contribution in [1.29, 1.82) is 0 Å². The minimum absolute atomic E-state index is 0.0129. The molecule has 4 unspecified atom stereocenters. The average Bonchev–Trinajstić information content (AvgIpc) is 3.21. The number of piperidine rings is 1. The van der Waals surface area contributed by atoms with E-state index in [-0.39, 0.29) is 30.0 Å². The van der Waals surface area contributed by atoms with Gasteiger partial charge in [0.1, 0.15) is 12.1 Å². The number of nitrogens with zero attached hydrogens (tertiary/aromatic N) is 2. The number of carbonyl (C=O) groups is 3. The Morgan fingerprint density at radius 2 is 1.94 bits per heavy atom. The Kier molecular flexibility index (Phi) is 6.13. The van der Waals surface area contributed by atoms with Gasteiger partial charge in [-0.2, -0.15) is 0 Å². The van der Waals surface area contributed by atoms with Crippen LogP contribution in [-0.4, -0.2) is 78.6 Å². The van der Waals surface area contributed by atoms with Crippen molar-refractivity contribution in [1.82, 2.24) is 15.1 Å². The smallest absolute Gasteiger partial charge is 0.319 e. The molecule has 4 atom stereocenters. The molecule has 0 radical (unpaired) electrons. The molecule has 0 saturated carbocycles. The van der Waals surface area contributed by atoms with Gasteiger partial charge in [-0.1, -0.05) is 12.1 Å². The van der Waals surface area contributed by atoms with Crippen LogP contribution in [0.2, 0.25) is 0 Å². The number of hydrogen-bond acceptors (Lipinski definition) is 5. The minimum Gasteiger partial charge on any atom is -0.388 e. The van der Waals surface area contributed by atoms with Crippen molar-refractivity contribution in [2.24, 2.45) is 0 Å². The Hall–Kier alpha value is -3.07. The molecular weight excluding hydrogens is 398 g/mol.